The lowest BCUT2D eigenvalue weighted by Crippen LogP contribution is -2.54. The van der Waals surface area contributed by atoms with Crippen molar-refractivity contribution in [1.29, 1.82) is 0 Å². The van der Waals surface area contributed by atoms with Crippen molar-refractivity contribution < 1.29 is 14.4 Å². The van der Waals surface area contributed by atoms with Gasteiger partial charge in [0.05, 0.1) is 0 Å². The normalized spacial score (nSPS) is 23.4. The first-order chi connectivity index (χ1) is 6.66. The van der Waals surface area contributed by atoms with Gasteiger partial charge in [-0.3, -0.25) is 19.8 Å². The van der Waals surface area contributed by atoms with E-state index in [1.165, 1.54) is 6.42 Å². The minimum absolute atomic E-state index is 0.196. The zero-order chi connectivity index (χ0) is 10.1. The fraction of sp³-hybridized carbons (Fsp3) is 0.667. The van der Waals surface area contributed by atoms with Crippen molar-refractivity contribution in [2.24, 2.45) is 5.92 Å². The Morgan fingerprint density at radius 1 is 1.29 bits per heavy atom. The molecule has 0 unspecified atom stereocenters. The highest BCUT2D eigenvalue weighted by Crippen LogP contribution is 2.27. The molecule has 1 saturated carbocycles. The van der Waals surface area contributed by atoms with Gasteiger partial charge < -0.3 is 0 Å². The topological polar surface area (TPSA) is 66.5 Å². The van der Waals surface area contributed by atoms with Gasteiger partial charge in [0.25, 0.3) is 0 Å². The number of barbiturate groups is 1. The number of rotatable bonds is 2. The highest BCUT2D eigenvalue weighted by molar-refractivity contribution is 6.14. The molecule has 0 aromatic carbocycles. The van der Waals surface area contributed by atoms with E-state index in [-0.39, 0.29) is 12.3 Å². The zero-order valence-electron chi connectivity index (χ0n) is 7.78. The number of amides is 4. The molecule has 1 N–H and O–H groups in total. The van der Waals surface area contributed by atoms with Crippen molar-refractivity contribution in [3.05, 3.63) is 0 Å². The van der Waals surface area contributed by atoms with Gasteiger partial charge in [0.2, 0.25) is 11.8 Å². The lowest BCUT2D eigenvalue weighted by molar-refractivity contribution is -0.136. The first-order valence-corrected chi connectivity index (χ1v) is 4.81. The molecule has 0 spiro atoms. The second-order valence-electron chi connectivity index (χ2n) is 3.83. The maximum absolute atomic E-state index is 11.3. The summed E-state index contributed by atoms with van der Waals surface area (Å²) in [5, 5.41) is 2.14. The molecule has 0 bridgehead atoms. The third-order valence-corrected chi connectivity index (χ3v) is 2.77. The number of hydrogen-bond donors (Lipinski definition) is 1. The van der Waals surface area contributed by atoms with Crippen LogP contribution in [0.3, 0.4) is 0 Å². The van der Waals surface area contributed by atoms with Crippen LogP contribution in [-0.4, -0.2) is 29.3 Å². The van der Waals surface area contributed by atoms with Gasteiger partial charge in [0.1, 0.15) is 6.42 Å². The summed E-state index contributed by atoms with van der Waals surface area (Å²) in [5.74, 6) is -0.423. The number of imide groups is 2. The summed E-state index contributed by atoms with van der Waals surface area (Å²) in [7, 11) is 0. The smallest absolute Gasteiger partial charge is 0.277 e. The molecular formula is C9H12N2O3. The quantitative estimate of drug-likeness (QED) is 0.644. The fourth-order valence-corrected chi connectivity index (χ4v) is 1.70. The van der Waals surface area contributed by atoms with Crippen LogP contribution in [0.1, 0.15) is 25.7 Å². The van der Waals surface area contributed by atoms with Gasteiger partial charge in [-0.15, -0.1) is 0 Å². The summed E-state index contributed by atoms with van der Waals surface area (Å²) in [5.41, 5.74) is 0. The fourth-order valence-electron chi connectivity index (χ4n) is 1.70. The monoisotopic (exact) mass is 196 g/mol. The summed E-state index contributed by atoms with van der Waals surface area (Å²) in [4.78, 5) is 34.6. The number of carbonyl (C=O) groups excluding carboxylic acids is 3. The maximum Gasteiger partial charge on any atom is 0.330 e. The van der Waals surface area contributed by atoms with Crippen LogP contribution in [0.15, 0.2) is 0 Å². The Hall–Kier alpha value is -1.39. The first-order valence-electron chi connectivity index (χ1n) is 4.81. The minimum atomic E-state index is -0.557. The Kier molecular flexibility index (Phi) is 2.23. The minimum Gasteiger partial charge on any atom is -0.277 e. The summed E-state index contributed by atoms with van der Waals surface area (Å²) in [6.07, 6.45) is 3.13. The van der Waals surface area contributed by atoms with E-state index in [0.717, 1.165) is 17.7 Å². The van der Waals surface area contributed by atoms with E-state index in [4.69, 9.17) is 0 Å². The Morgan fingerprint density at radius 2 is 2.00 bits per heavy atom. The molecule has 2 fully saturated rings. The van der Waals surface area contributed by atoms with E-state index in [0.29, 0.717) is 12.5 Å². The highest BCUT2D eigenvalue weighted by atomic mass is 16.2. The van der Waals surface area contributed by atoms with Crippen LogP contribution >= 0.6 is 0 Å². The van der Waals surface area contributed by atoms with Crippen molar-refractivity contribution in [3.8, 4) is 0 Å². The third kappa shape index (κ3) is 1.62. The highest BCUT2D eigenvalue weighted by Gasteiger charge is 2.33. The van der Waals surface area contributed by atoms with Gasteiger partial charge in [-0.1, -0.05) is 6.42 Å². The average molecular weight is 196 g/mol. The molecule has 5 heteroatoms. The van der Waals surface area contributed by atoms with Crippen molar-refractivity contribution in [2.75, 3.05) is 6.54 Å². The van der Waals surface area contributed by atoms with Gasteiger partial charge in [0.15, 0.2) is 0 Å². The molecule has 0 aromatic heterocycles. The van der Waals surface area contributed by atoms with Crippen molar-refractivity contribution in [1.82, 2.24) is 10.2 Å². The number of hydrogen-bond acceptors (Lipinski definition) is 3. The van der Waals surface area contributed by atoms with Crippen molar-refractivity contribution in [3.63, 3.8) is 0 Å². The SMILES string of the molecule is O=C1CC(=O)N(CC2CCC2)C(=O)N1. The van der Waals surface area contributed by atoms with E-state index in [1.807, 2.05) is 0 Å². The summed E-state index contributed by atoms with van der Waals surface area (Å²) in [6, 6.07) is -0.557. The van der Waals surface area contributed by atoms with Crippen LogP contribution in [0.25, 0.3) is 0 Å². The standard InChI is InChI=1S/C9H12N2O3/c12-7-4-8(13)11(9(14)10-7)5-6-2-1-3-6/h6H,1-5H2,(H,10,12,14). The number of urea groups is 1. The summed E-state index contributed by atoms with van der Waals surface area (Å²) >= 11 is 0. The van der Waals surface area contributed by atoms with E-state index in [9.17, 15) is 14.4 Å². The zero-order valence-corrected chi connectivity index (χ0v) is 7.78. The predicted octanol–water partition coefficient (Wildman–Crippen LogP) is 0.255. The molecule has 1 aliphatic carbocycles. The molecular weight excluding hydrogens is 184 g/mol. The molecule has 5 nitrogen and oxygen atoms in total. The molecule has 1 heterocycles. The third-order valence-electron chi connectivity index (χ3n) is 2.77. The van der Waals surface area contributed by atoms with E-state index in [1.54, 1.807) is 0 Å². The van der Waals surface area contributed by atoms with Crippen LogP contribution in [0.4, 0.5) is 4.79 Å². The lowest BCUT2D eigenvalue weighted by Gasteiger charge is -2.32. The molecule has 0 radical (unpaired) electrons. The van der Waals surface area contributed by atoms with E-state index < -0.39 is 11.9 Å². The Balaban J connectivity index is 1.98. The maximum atomic E-state index is 11.3. The molecule has 1 aliphatic heterocycles. The number of nitrogens with zero attached hydrogens (tertiary/aromatic N) is 1. The van der Waals surface area contributed by atoms with Crippen LogP contribution in [0.2, 0.25) is 0 Å². The van der Waals surface area contributed by atoms with Crippen LogP contribution in [-0.2, 0) is 9.59 Å². The van der Waals surface area contributed by atoms with Crippen molar-refractivity contribution in [2.45, 2.75) is 25.7 Å². The van der Waals surface area contributed by atoms with Crippen molar-refractivity contribution >= 4 is 17.8 Å². The Labute approximate surface area is 81.4 Å². The molecule has 2 rings (SSSR count). The molecule has 4 amide bonds. The molecule has 1 saturated heterocycles. The molecule has 76 valence electrons. The molecule has 0 aromatic rings. The predicted molar refractivity (Wildman–Crippen MR) is 47.2 cm³/mol. The second kappa shape index (κ2) is 3.40. The van der Waals surface area contributed by atoms with Gasteiger partial charge in [-0.2, -0.15) is 0 Å². The molecule has 2 aliphatic rings. The summed E-state index contributed by atoms with van der Waals surface area (Å²) in [6.45, 7) is 0.470. The van der Waals surface area contributed by atoms with Crippen LogP contribution < -0.4 is 5.32 Å². The van der Waals surface area contributed by atoms with Gasteiger partial charge in [-0.25, -0.2) is 4.79 Å². The lowest BCUT2D eigenvalue weighted by atomic mass is 9.85. The van der Waals surface area contributed by atoms with Gasteiger partial charge >= 0.3 is 6.03 Å². The van der Waals surface area contributed by atoms with Crippen LogP contribution in [0, 0.1) is 5.92 Å². The second-order valence-corrected chi connectivity index (χ2v) is 3.83. The van der Waals surface area contributed by atoms with Crippen LogP contribution in [0.5, 0.6) is 0 Å². The first kappa shape index (κ1) is 9.18. The number of nitrogens with one attached hydrogen (secondary N) is 1. The molecule has 0 atom stereocenters. The van der Waals surface area contributed by atoms with E-state index in [2.05, 4.69) is 5.32 Å². The Morgan fingerprint density at radius 3 is 2.50 bits per heavy atom. The van der Waals surface area contributed by atoms with E-state index >= 15 is 0 Å². The summed E-state index contributed by atoms with van der Waals surface area (Å²) < 4.78 is 0. The van der Waals surface area contributed by atoms with Gasteiger partial charge in [0, 0.05) is 6.54 Å². The average Bonchev–Trinajstić information content (AvgIpc) is 1.98. The van der Waals surface area contributed by atoms with Gasteiger partial charge in [-0.05, 0) is 18.8 Å². The Bertz CT molecular complexity index is 276. The molecule has 14 heavy (non-hydrogen) atoms. The largest absolute Gasteiger partial charge is 0.330 e. The number of carbonyl (C=O) groups is 3.